The van der Waals surface area contributed by atoms with E-state index in [4.69, 9.17) is 22.3 Å². The van der Waals surface area contributed by atoms with E-state index >= 15 is 0 Å². The summed E-state index contributed by atoms with van der Waals surface area (Å²) in [6.45, 7) is 0.893. The first-order chi connectivity index (χ1) is 7.10. The molecular weight excluding hydrogens is 200 g/mol. The van der Waals surface area contributed by atoms with Crippen molar-refractivity contribution < 1.29 is 9.84 Å². The molecule has 0 amide bonds. The summed E-state index contributed by atoms with van der Waals surface area (Å²) in [4.78, 5) is 10.5. The minimum Gasteiger partial charge on any atom is -0.396 e. The summed E-state index contributed by atoms with van der Waals surface area (Å²) in [5.74, 6) is 0.125. The maximum atomic E-state index is 8.12. The number of hydrogen-bond acceptors (Lipinski definition) is 8. The van der Waals surface area contributed by atoms with Gasteiger partial charge < -0.3 is 27.0 Å². The van der Waals surface area contributed by atoms with Crippen molar-refractivity contribution in [3.8, 4) is 0 Å². The zero-order chi connectivity index (χ0) is 11.7. The van der Waals surface area contributed by atoms with Gasteiger partial charge in [0, 0.05) is 20.3 Å². The van der Waals surface area contributed by atoms with Crippen molar-refractivity contribution in [3.63, 3.8) is 0 Å². The van der Waals surface area contributed by atoms with E-state index in [1.807, 2.05) is 0 Å². The Hall–Kier alpha value is -1.67. The number of anilines is 3. The molecule has 0 spiro atoms. The number of aliphatic hydroxyl groups is 1. The molecule has 0 fully saturated rings. The molecule has 0 radical (unpaired) electrons. The second kappa shape index (κ2) is 7.71. The third-order valence-electron chi connectivity index (χ3n) is 1.19. The number of nitrogens with two attached hydrogens (primary N) is 3. The molecule has 8 heteroatoms. The van der Waals surface area contributed by atoms with Crippen LogP contribution in [0, 0.1) is 0 Å². The van der Waals surface area contributed by atoms with E-state index in [0.717, 1.165) is 6.42 Å². The zero-order valence-electron chi connectivity index (χ0n) is 8.55. The van der Waals surface area contributed by atoms with Gasteiger partial charge in [-0.15, -0.1) is 0 Å². The van der Waals surface area contributed by atoms with Crippen molar-refractivity contribution in [3.05, 3.63) is 0 Å². The smallest absolute Gasteiger partial charge is 0.226 e. The number of nitrogens with zero attached hydrogens (tertiary/aromatic N) is 3. The third kappa shape index (κ3) is 7.40. The molecule has 0 aliphatic rings. The fraction of sp³-hybridized carbons (Fsp3) is 0.571. The van der Waals surface area contributed by atoms with E-state index < -0.39 is 0 Å². The van der Waals surface area contributed by atoms with Crippen LogP contribution in [0.25, 0.3) is 0 Å². The Balaban J connectivity index is 0.000000288. The molecule has 8 nitrogen and oxygen atoms in total. The van der Waals surface area contributed by atoms with Crippen molar-refractivity contribution in [2.75, 3.05) is 37.5 Å². The predicted octanol–water partition coefficient (Wildman–Crippen LogP) is -1.37. The Morgan fingerprint density at radius 2 is 1.47 bits per heavy atom. The lowest BCUT2D eigenvalue weighted by Gasteiger charge is -1.93. The fourth-order valence-electron chi connectivity index (χ4n) is 0.636. The average Bonchev–Trinajstić information content (AvgIpc) is 2.13. The number of aromatic nitrogens is 3. The minimum absolute atomic E-state index is 0.0417. The van der Waals surface area contributed by atoms with Crippen molar-refractivity contribution in [1.82, 2.24) is 15.0 Å². The summed E-state index contributed by atoms with van der Waals surface area (Å²) in [5.41, 5.74) is 15.4. The number of nitrogen functional groups attached to an aromatic ring is 3. The number of rotatable bonds is 3. The van der Waals surface area contributed by atoms with Crippen LogP contribution in [0.3, 0.4) is 0 Å². The van der Waals surface area contributed by atoms with Crippen molar-refractivity contribution in [2.45, 2.75) is 6.42 Å². The van der Waals surface area contributed by atoms with Gasteiger partial charge in [-0.1, -0.05) is 0 Å². The molecule has 1 heterocycles. The maximum absolute atomic E-state index is 8.12. The standard InChI is InChI=1S/C4H10O2.C3H6N6/c1-6-4-2-3-5;4-1-7-2(5)9-3(6)8-1/h5H,2-4H2,1H3;(H6,4,5,6,7,8,9). The largest absolute Gasteiger partial charge is 0.396 e. The number of hydrogen-bond donors (Lipinski definition) is 4. The summed E-state index contributed by atoms with van der Waals surface area (Å²) in [7, 11) is 1.62. The first-order valence-electron chi connectivity index (χ1n) is 4.22. The first kappa shape index (κ1) is 13.3. The quantitative estimate of drug-likeness (QED) is 0.453. The number of ether oxygens (including phenoxy) is 1. The van der Waals surface area contributed by atoms with Crippen LogP contribution in [-0.4, -0.2) is 40.4 Å². The van der Waals surface area contributed by atoms with Gasteiger partial charge in [0.05, 0.1) is 0 Å². The highest BCUT2D eigenvalue weighted by molar-refractivity contribution is 5.33. The Bertz CT molecular complexity index is 228. The van der Waals surface area contributed by atoms with Gasteiger partial charge in [-0.3, -0.25) is 0 Å². The molecule has 86 valence electrons. The maximum Gasteiger partial charge on any atom is 0.226 e. The molecular formula is C7H16N6O2. The average molecular weight is 216 g/mol. The van der Waals surface area contributed by atoms with Gasteiger partial charge in [0.2, 0.25) is 17.8 Å². The van der Waals surface area contributed by atoms with Gasteiger partial charge >= 0.3 is 0 Å². The van der Waals surface area contributed by atoms with Crippen LogP contribution in [0.2, 0.25) is 0 Å². The topological polar surface area (TPSA) is 146 Å². The molecule has 7 N–H and O–H groups in total. The summed E-state index contributed by atoms with van der Waals surface area (Å²) in [6, 6.07) is 0. The Morgan fingerprint density at radius 3 is 1.67 bits per heavy atom. The monoisotopic (exact) mass is 216 g/mol. The molecule has 1 aromatic heterocycles. The predicted molar refractivity (Wildman–Crippen MR) is 56.6 cm³/mol. The molecule has 0 unspecified atom stereocenters. The lowest BCUT2D eigenvalue weighted by atomic mass is 10.5. The van der Waals surface area contributed by atoms with Gasteiger partial charge in [-0.25, -0.2) is 0 Å². The molecule has 1 aromatic rings. The summed E-state index contributed by atoms with van der Waals surface area (Å²) in [6.07, 6.45) is 0.747. The Morgan fingerprint density at radius 1 is 1.07 bits per heavy atom. The van der Waals surface area contributed by atoms with Crippen LogP contribution in [0.15, 0.2) is 0 Å². The van der Waals surface area contributed by atoms with E-state index in [0.29, 0.717) is 6.61 Å². The fourth-order valence-corrected chi connectivity index (χ4v) is 0.636. The zero-order valence-corrected chi connectivity index (χ0v) is 8.55. The molecule has 0 saturated heterocycles. The molecule has 0 aliphatic heterocycles. The van der Waals surface area contributed by atoms with Crippen LogP contribution in [-0.2, 0) is 4.74 Å². The number of aliphatic hydroxyl groups excluding tert-OH is 1. The molecule has 0 atom stereocenters. The first-order valence-corrected chi connectivity index (χ1v) is 4.22. The van der Waals surface area contributed by atoms with E-state index in [-0.39, 0.29) is 24.5 Å². The van der Waals surface area contributed by atoms with Crippen molar-refractivity contribution >= 4 is 17.8 Å². The second-order valence-electron chi connectivity index (χ2n) is 2.48. The molecule has 0 bridgehead atoms. The third-order valence-corrected chi connectivity index (χ3v) is 1.19. The number of methoxy groups -OCH3 is 1. The van der Waals surface area contributed by atoms with E-state index in [9.17, 15) is 0 Å². The van der Waals surface area contributed by atoms with Crippen LogP contribution >= 0.6 is 0 Å². The summed E-state index contributed by atoms with van der Waals surface area (Å²) in [5, 5.41) is 8.12. The van der Waals surface area contributed by atoms with E-state index in [1.54, 1.807) is 7.11 Å². The molecule has 1 rings (SSSR count). The van der Waals surface area contributed by atoms with Crippen LogP contribution in [0.5, 0.6) is 0 Å². The van der Waals surface area contributed by atoms with E-state index in [1.165, 1.54) is 0 Å². The van der Waals surface area contributed by atoms with Crippen LogP contribution < -0.4 is 17.2 Å². The lowest BCUT2D eigenvalue weighted by molar-refractivity contribution is 0.166. The molecule has 0 aliphatic carbocycles. The highest BCUT2D eigenvalue weighted by Gasteiger charge is 1.93. The van der Waals surface area contributed by atoms with Gasteiger partial charge in [-0.05, 0) is 6.42 Å². The molecule has 15 heavy (non-hydrogen) atoms. The summed E-state index contributed by atoms with van der Waals surface area (Å²) < 4.78 is 4.62. The van der Waals surface area contributed by atoms with Crippen LogP contribution in [0.1, 0.15) is 6.42 Å². The highest BCUT2D eigenvalue weighted by Crippen LogP contribution is 1.97. The Kier molecular flexibility index (Phi) is 6.85. The highest BCUT2D eigenvalue weighted by atomic mass is 16.5. The van der Waals surface area contributed by atoms with Gasteiger partial charge in [0.1, 0.15) is 0 Å². The van der Waals surface area contributed by atoms with E-state index in [2.05, 4.69) is 19.7 Å². The summed E-state index contributed by atoms with van der Waals surface area (Å²) >= 11 is 0. The van der Waals surface area contributed by atoms with Gasteiger partial charge in [-0.2, -0.15) is 15.0 Å². The van der Waals surface area contributed by atoms with Crippen LogP contribution in [0.4, 0.5) is 17.8 Å². The van der Waals surface area contributed by atoms with Gasteiger partial charge in [0.25, 0.3) is 0 Å². The van der Waals surface area contributed by atoms with Gasteiger partial charge in [0.15, 0.2) is 0 Å². The minimum atomic E-state index is 0.0417. The lowest BCUT2D eigenvalue weighted by Crippen LogP contribution is -2.05. The van der Waals surface area contributed by atoms with Crippen molar-refractivity contribution in [2.24, 2.45) is 0 Å². The molecule has 0 saturated carbocycles. The Labute approximate surface area is 87.5 Å². The molecule has 0 aromatic carbocycles. The van der Waals surface area contributed by atoms with Crippen molar-refractivity contribution in [1.29, 1.82) is 0 Å². The second-order valence-corrected chi connectivity index (χ2v) is 2.48. The SMILES string of the molecule is COCCCO.Nc1nc(N)nc(N)n1. The normalized spacial score (nSPS) is 9.20.